The van der Waals surface area contributed by atoms with Gasteiger partial charge in [0.1, 0.15) is 5.60 Å². The highest BCUT2D eigenvalue weighted by atomic mass is 16.5. The van der Waals surface area contributed by atoms with Gasteiger partial charge in [0.05, 0.1) is 0 Å². The third-order valence-electron chi connectivity index (χ3n) is 4.02. The first-order valence-electron chi connectivity index (χ1n) is 7.42. The van der Waals surface area contributed by atoms with Crippen LogP contribution in [0, 0.1) is 6.92 Å². The third-order valence-corrected chi connectivity index (χ3v) is 4.02. The lowest BCUT2D eigenvalue weighted by Gasteiger charge is -2.34. The SMILES string of the molecule is COC1(C(=O)Nc2cc(NC(C)=O)ccc2C)CCNCC1. The fraction of sp³-hybridized carbons (Fsp3) is 0.500. The van der Waals surface area contributed by atoms with Crippen molar-refractivity contribution in [1.82, 2.24) is 5.32 Å². The van der Waals surface area contributed by atoms with Crippen LogP contribution in [-0.2, 0) is 14.3 Å². The van der Waals surface area contributed by atoms with Crippen LogP contribution in [0.1, 0.15) is 25.3 Å². The highest BCUT2D eigenvalue weighted by Crippen LogP contribution is 2.27. The van der Waals surface area contributed by atoms with Gasteiger partial charge in [-0.1, -0.05) is 6.07 Å². The average molecular weight is 305 g/mol. The molecule has 0 spiro atoms. The predicted molar refractivity (Wildman–Crippen MR) is 86.0 cm³/mol. The molecule has 1 aliphatic rings. The molecule has 3 N–H and O–H groups in total. The van der Waals surface area contributed by atoms with E-state index in [4.69, 9.17) is 4.74 Å². The number of amides is 2. The minimum atomic E-state index is -0.790. The van der Waals surface area contributed by atoms with Gasteiger partial charge in [0.15, 0.2) is 0 Å². The van der Waals surface area contributed by atoms with Gasteiger partial charge in [0.25, 0.3) is 5.91 Å². The molecule has 0 aromatic heterocycles. The van der Waals surface area contributed by atoms with E-state index in [1.165, 1.54) is 6.92 Å². The van der Waals surface area contributed by atoms with E-state index >= 15 is 0 Å². The lowest BCUT2D eigenvalue weighted by Crippen LogP contribution is -2.51. The minimum Gasteiger partial charge on any atom is -0.368 e. The number of carbonyl (C=O) groups is 2. The number of aryl methyl sites for hydroxylation is 1. The van der Waals surface area contributed by atoms with E-state index in [0.717, 1.165) is 18.7 Å². The number of hydrogen-bond acceptors (Lipinski definition) is 4. The Morgan fingerprint density at radius 1 is 1.23 bits per heavy atom. The Kier molecular flexibility index (Phi) is 5.15. The Morgan fingerprint density at radius 3 is 2.50 bits per heavy atom. The van der Waals surface area contributed by atoms with Gasteiger partial charge < -0.3 is 20.7 Å². The summed E-state index contributed by atoms with van der Waals surface area (Å²) in [6.07, 6.45) is 1.28. The van der Waals surface area contributed by atoms with Gasteiger partial charge >= 0.3 is 0 Å². The largest absolute Gasteiger partial charge is 0.368 e. The van der Waals surface area contributed by atoms with Gasteiger partial charge in [-0.05, 0) is 50.6 Å². The molecule has 0 bridgehead atoms. The second kappa shape index (κ2) is 6.89. The minimum absolute atomic E-state index is 0.139. The molecule has 1 fully saturated rings. The van der Waals surface area contributed by atoms with Crippen LogP contribution in [0.4, 0.5) is 11.4 Å². The second-order valence-corrected chi connectivity index (χ2v) is 5.61. The molecule has 1 heterocycles. The molecule has 120 valence electrons. The van der Waals surface area contributed by atoms with Crippen molar-refractivity contribution in [3.8, 4) is 0 Å². The van der Waals surface area contributed by atoms with Crippen molar-refractivity contribution in [2.75, 3.05) is 30.8 Å². The van der Waals surface area contributed by atoms with Crippen LogP contribution >= 0.6 is 0 Å². The third kappa shape index (κ3) is 3.64. The number of hydrogen-bond donors (Lipinski definition) is 3. The van der Waals surface area contributed by atoms with Crippen LogP contribution < -0.4 is 16.0 Å². The second-order valence-electron chi connectivity index (χ2n) is 5.61. The summed E-state index contributed by atoms with van der Waals surface area (Å²) in [5, 5.41) is 8.89. The highest BCUT2D eigenvalue weighted by molar-refractivity contribution is 5.99. The summed E-state index contributed by atoms with van der Waals surface area (Å²) in [5.41, 5.74) is 1.49. The summed E-state index contributed by atoms with van der Waals surface area (Å²) in [7, 11) is 1.57. The van der Waals surface area contributed by atoms with Gasteiger partial charge in [-0.3, -0.25) is 9.59 Å². The van der Waals surface area contributed by atoms with Gasteiger partial charge in [-0.25, -0.2) is 0 Å². The van der Waals surface area contributed by atoms with Crippen LogP contribution in [0.25, 0.3) is 0 Å². The van der Waals surface area contributed by atoms with Gasteiger partial charge in [0, 0.05) is 25.4 Å². The molecule has 0 atom stereocenters. The van der Waals surface area contributed by atoms with Crippen LogP contribution in [0.15, 0.2) is 18.2 Å². The number of rotatable bonds is 4. The Bertz CT molecular complexity index is 566. The van der Waals surface area contributed by atoms with Crippen molar-refractivity contribution >= 4 is 23.2 Å². The van der Waals surface area contributed by atoms with E-state index < -0.39 is 5.60 Å². The Labute approximate surface area is 130 Å². The molecule has 1 saturated heterocycles. The summed E-state index contributed by atoms with van der Waals surface area (Å²) in [4.78, 5) is 23.8. The zero-order valence-corrected chi connectivity index (χ0v) is 13.3. The summed E-state index contributed by atoms with van der Waals surface area (Å²) in [5.74, 6) is -0.285. The molecule has 22 heavy (non-hydrogen) atoms. The number of benzene rings is 1. The zero-order chi connectivity index (χ0) is 16.2. The first-order valence-corrected chi connectivity index (χ1v) is 7.42. The molecule has 1 aromatic carbocycles. The lowest BCUT2D eigenvalue weighted by atomic mass is 9.91. The monoisotopic (exact) mass is 305 g/mol. The molecule has 0 radical (unpaired) electrons. The van der Waals surface area contributed by atoms with E-state index in [1.807, 2.05) is 19.1 Å². The first-order chi connectivity index (χ1) is 10.5. The molecule has 6 nitrogen and oxygen atoms in total. The maximum atomic E-state index is 12.7. The predicted octanol–water partition coefficient (Wildman–Crippen LogP) is 1.66. The van der Waals surface area contributed by atoms with Crippen molar-refractivity contribution in [1.29, 1.82) is 0 Å². The van der Waals surface area contributed by atoms with Crippen molar-refractivity contribution in [2.45, 2.75) is 32.3 Å². The van der Waals surface area contributed by atoms with Crippen LogP contribution in [0.3, 0.4) is 0 Å². The molecule has 6 heteroatoms. The summed E-state index contributed by atoms with van der Waals surface area (Å²) in [6, 6.07) is 5.44. The topological polar surface area (TPSA) is 79.5 Å². The smallest absolute Gasteiger partial charge is 0.256 e. The molecule has 1 aliphatic heterocycles. The molecule has 2 amide bonds. The van der Waals surface area contributed by atoms with E-state index in [1.54, 1.807) is 13.2 Å². The average Bonchev–Trinajstić information content (AvgIpc) is 2.50. The Balaban J connectivity index is 2.18. The normalized spacial score (nSPS) is 16.9. The van der Waals surface area contributed by atoms with Crippen LogP contribution in [-0.4, -0.2) is 37.6 Å². The van der Waals surface area contributed by atoms with Crippen molar-refractivity contribution in [2.24, 2.45) is 0 Å². The van der Waals surface area contributed by atoms with Crippen molar-refractivity contribution < 1.29 is 14.3 Å². The summed E-state index contributed by atoms with van der Waals surface area (Å²) in [6.45, 7) is 4.88. The molecular weight excluding hydrogens is 282 g/mol. The maximum absolute atomic E-state index is 12.7. The van der Waals surface area contributed by atoms with Crippen molar-refractivity contribution in [3.05, 3.63) is 23.8 Å². The molecule has 0 saturated carbocycles. The number of piperidine rings is 1. The number of carbonyl (C=O) groups excluding carboxylic acids is 2. The van der Waals surface area contributed by atoms with E-state index in [2.05, 4.69) is 16.0 Å². The fourth-order valence-corrected chi connectivity index (χ4v) is 2.63. The number of ether oxygens (including phenoxy) is 1. The van der Waals surface area contributed by atoms with Gasteiger partial charge in [-0.2, -0.15) is 0 Å². The molecule has 1 aromatic rings. The highest BCUT2D eigenvalue weighted by Gasteiger charge is 2.39. The molecule has 0 aliphatic carbocycles. The lowest BCUT2D eigenvalue weighted by molar-refractivity contribution is -0.140. The summed E-state index contributed by atoms with van der Waals surface area (Å²) < 4.78 is 5.53. The van der Waals surface area contributed by atoms with Crippen LogP contribution in [0.5, 0.6) is 0 Å². The number of anilines is 2. The van der Waals surface area contributed by atoms with Gasteiger partial charge in [0.2, 0.25) is 5.91 Å². The zero-order valence-electron chi connectivity index (χ0n) is 13.3. The van der Waals surface area contributed by atoms with E-state index in [0.29, 0.717) is 24.2 Å². The number of methoxy groups -OCH3 is 1. The van der Waals surface area contributed by atoms with Crippen LogP contribution in [0.2, 0.25) is 0 Å². The maximum Gasteiger partial charge on any atom is 0.256 e. The Hall–Kier alpha value is -1.92. The quantitative estimate of drug-likeness (QED) is 0.790. The number of nitrogens with one attached hydrogen (secondary N) is 3. The Morgan fingerprint density at radius 2 is 1.91 bits per heavy atom. The van der Waals surface area contributed by atoms with Crippen molar-refractivity contribution in [3.63, 3.8) is 0 Å². The summed E-state index contributed by atoms with van der Waals surface area (Å²) >= 11 is 0. The first kappa shape index (κ1) is 16.5. The fourth-order valence-electron chi connectivity index (χ4n) is 2.63. The van der Waals surface area contributed by atoms with Gasteiger partial charge in [-0.15, -0.1) is 0 Å². The molecular formula is C16H23N3O3. The molecule has 2 rings (SSSR count). The molecule has 0 unspecified atom stereocenters. The van der Waals surface area contributed by atoms with E-state index in [9.17, 15) is 9.59 Å². The standard InChI is InChI=1S/C16H23N3O3/c1-11-4-5-13(18-12(2)20)10-14(11)19-15(21)16(22-3)6-8-17-9-7-16/h4-5,10,17H,6-9H2,1-3H3,(H,18,20)(H,19,21). The van der Waals surface area contributed by atoms with E-state index in [-0.39, 0.29) is 11.8 Å².